The molecule has 0 saturated heterocycles. The van der Waals surface area contributed by atoms with Gasteiger partial charge in [0.15, 0.2) is 5.82 Å². The zero-order valence-corrected chi connectivity index (χ0v) is 10.0. The standard InChI is InChI=1S/C10H8ClF3N2O3/c11-6-3-5(10(12,13)14)4-15-9(6)16-7(17)1-2-8(18)19/h3-4H,1-2H2,(H,18,19)(H,15,16,17). The molecule has 0 atom stereocenters. The molecule has 1 rings (SSSR count). The number of hydrogen-bond acceptors (Lipinski definition) is 3. The van der Waals surface area contributed by atoms with Gasteiger partial charge in [-0.05, 0) is 6.07 Å². The van der Waals surface area contributed by atoms with Crippen LogP contribution in [0.2, 0.25) is 5.02 Å². The Morgan fingerprint density at radius 2 is 2.00 bits per heavy atom. The molecule has 0 aromatic carbocycles. The van der Waals surface area contributed by atoms with Gasteiger partial charge >= 0.3 is 12.1 Å². The van der Waals surface area contributed by atoms with Gasteiger partial charge in [-0.25, -0.2) is 4.98 Å². The van der Waals surface area contributed by atoms with Crippen LogP contribution in [0.5, 0.6) is 0 Å². The molecule has 0 fully saturated rings. The first-order chi connectivity index (χ1) is 8.70. The van der Waals surface area contributed by atoms with E-state index in [0.717, 1.165) is 0 Å². The molecule has 1 aromatic rings. The summed E-state index contributed by atoms with van der Waals surface area (Å²) in [5.41, 5.74) is -1.04. The van der Waals surface area contributed by atoms with Gasteiger partial charge in [-0.2, -0.15) is 13.2 Å². The van der Waals surface area contributed by atoms with Crippen molar-refractivity contribution in [2.24, 2.45) is 0 Å². The number of anilines is 1. The Labute approximate surface area is 110 Å². The maximum Gasteiger partial charge on any atom is 0.417 e. The number of pyridine rings is 1. The van der Waals surface area contributed by atoms with E-state index in [1.54, 1.807) is 0 Å². The second-order valence-corrected chi connectivity index (χ2v) is 3.90. The number of rotatable bonds is 4. The fourth-order valence-corrected chi connectivity index (χ4v) is 1.31. The molecule has 9 heteroatoms. The van der Waals surface area contributed by atoms with Crippen molar-refractivity contribution in [3.8, 4) is 0 Å². The molecule has 0 bridgehead atoms. The highest BCUT2D eigenvalue weighted by atomic mass is 35.5. The van der Waals surface area contributed by atoms with Crippen LogP contribution in [0.3, 0.4) is 0 Å². The number of carbonyl (C=O) groups excluding carboxylic acids is 1. The Balaban J connectivity index is 2.75. The normalized spacial score (nSPS) is 11.2. The number of alkyl halides is 3. The van der Waals surface area contributed by atoms with E-state index in [0.29, 0.717) is 12.3 Å². The first-order valence-corrected chi connectivity index (χ1v) is 5.32. The van der Waals surface area contributed by atoms with Crippen molar-refractivity contribution in [3.05, 3.63) is 22.8 Å². The van der Waals surface area contributed by atoms with E-state index < -0.39 is 30.0 Å². The topological polar surface area (TPSA) is 79.3 Å². The first kappa shape index (κ1) is 15.2. The molecule has 19 heavy (non-hydrogen) atoms. The summed E-state index contributed by atoms with van der Waals surface area (Å²) in [7, 11) is 0. The molecular formula is C10H8ClF3N2O3. The van der Waals surface area contributed by atoms with Crippen LogP contribution in [0.1, 0.15) is 18.4 Å². The molecule has 0 aliphatic rings. The van der Waals surface area contributed by atoms with Crippen LogP contribution in [0.15, 0.2) is 12.3 Å². The summed E-state index contributed by atoms with van der Waals surface area (Å²) >= 11 is 5.55. The van der Waals surface area contributed by atoms with Crippen LogP contribution in [-0.4, -0.2) is 22.0 Å². The van der Waals surface area contributed by atoms with Crippen molar-refractivity contribution in [2.45, 2.75) is 19.0 Å². The molecule has 2 N–H and O–H groups in total. The third-order valence-electron chi connectivity index (χ3n) is 1.99. The van der Waals surface area contributed by atoms with Gasteiger partial charge in [0, 0.05) is 12.6 Å². The van der Waals surface area contributed by atoms with E-state index in [1.807, 2.05) is 0 Å². The average molecular weight is 297 g/mol. The van der Waals surface area contributed by atoms with Crippen molar-refractivity contribution in [2.75, 3.05) is 5.32 Å². The Bertz CT molecular complexity index is 505. The molecule has 0 saturated carbocycles. The Morgan fingerprint density at radius 3 is 2.47 bits per heavy atom. The molecule has 0 aliphatic heterocycles. The van der Waals surface area contributed by atoms with Gasteiger partial charge < -0.3 is 10.4 Å². The average Bonchev–Trinajstić information content (AvgIpc) is 2.27. The Kier molecular flexibility index (Phi) is 4.71. The minimum Gasteiger partial charge on any atom is -0.481 e. The summed E-state index contributed by atoms with van der Waals surface area (Å²) in [5, 5.41) is 10.1. The number of carbonyl (C=O) groups is 2. The number of aromatic nitrogens is 1. The van der Waals surface area contributed by atoms with Crippen LogP contribution in [0, 0.1) is 0 Å². The maximum atomic E-state index is 12.3. The molecule has 0 spiro atoms. The lowest BCUT2D eigenvalue weighted by Crippen LogP contribution is -2.15. The lowest BCUT2D eigenvalue weighted by atomic mass is 10.2. The molecule has 104 valence electrons. The number of carboxylic acids is 1. The monoisotopic (exact) mass is 296 g/mol. The minimum absolute atomic E-state index is 0.245. The van der Waals surface area contributed by atoms with Crippen LogP contribution in [0.4, 0.5) is 19.0 Å². The summed E-state index contributed by atoms with van der Waals surface area (Å²) in [4.78, 5) is 24.9. The number of halogens is 4. The molecular weight excluding hydrogens is 289 g/mol. The van der Waals surface area contributed by atoms with E-state index in [2.05, 4.69) is 10.3 Å². The van der Waals surface area contributed by atoms with Crippen LogP contribution >= 0.6 is 11.6 Å². The lowest BCUT2D eigenvalue weighted by molar-refractivity contribution is -0.138. The fourth-order valence-electron chi connectivity index (χ4n) is 1.10. The summed E-state index contributed by atoms with van der Waals surface area (Å²) < 4.78 is 37.0. The largest absolute Gasteiger partial charge is 0.481 e. The second-order valence-electron chi connectivity index (χ2n) is 3.49. The van der Waals surface area contributed by atoms with E-state index >= 15 is 0 Å². The van der Waals surface area contributed by atoms with Crippen LogP contribution in [-0.2, 0) is 15.8 Å². The lowest BCUT2D eigenvalue weighted by Gasteiger charge is -2.09. The molecule has 0 unspecified atom stereocenters. The van der Waals surface area contributed by atoms with Crippen molar-refractivity contribution in [3.63, 3.8) is 0 Å². The number of hydrogen-bond donors (Lipinski definition) is 2. The molecule has 1 aromatic heterocycles. The fraction of sp³-hybridized carbons (Fsp3) is 0.300. The van der Waals surface area contributed by atoms with Crippen molar-refractivity contribution in [1.82, 2.24) is 4.98 Å². The number of aliphatic carboxylic acids is 1. The summed E-state index contributed by atoms with van der Waals surface area (Å²) in [6.07, 6.45) is -4.78. The smallest absolute Gasteiger partial charge is 0.417 e. The zero-order valence-electron chi connectivity index (χ0n) is 9.29. The molecule has 0 aliphatic carbocycles. The second kappa shape index (κ2) is 5.87. The highest BCUT2D eigenvalue weighted by Gasteiger charge is 2.31. The number of amides is 1. The van der Waals surface area contributed by atoms with E-state index in [-0.39, 0.29) is 17.3 Å². The van der Waals surface area contributed by atoms with Crippen molar-refractivity contribution < 1.29 is 27.9 Å². The van der Waals surface area contributed by atoms with Gasteiger partial charge in [-0.15, -0.1) is 0 Å². The predicted molar refractivity (Wildman–Crippen MR) is 59.7 cm³/mol. The predicted octanol–water partition coefficient (Wildman–Crippen LogP) is 2.56. The number of nitrogens with one attached hydrogen (secondary N) is 1. The highest BCUT2D eigenvalue weighted by molar-refractivity contribution is 6.33. The number of carboxylic acid groups (broad SMARTS) is 1. The third-order valence-corrected chi connectivity index (χ3v) is 2.28. The van der Waals surface area contributed by atoms with Crippen LogP contribution in [0.25, 0.3) is 0 Å². The minimum atomic E-state index is -4.58. The van der Waals surface area contributed by atoms with E-state index in [4.69, 9.17) is 16.7 Å². The molecule has 0 radical (unpaired) electrons. The molecule has 5 nitrogen and oxygen atoms in total. The SMILES string of the molecule is O=C(O)CCC(=O)Nc1ncc(C(F)(F)F)cc1Cl. The van der Waals surface area contributed by atoms with Gasteiger partial charge in [0.1, 0.15) is 0 Å². The van der Waals surface area contributed by atoms with Gasteiger partial charge in [0.2, 0.25) is 5.91 Å². The van der Waals surface area contributed by atoms with Crippen molar-refractivity contribution >= 4 is 29.3 Å². The third kappa shape index (κ3) is 4.74. The zero-order chi connectivity index (χ0) is 14.6. The van der Waals surface area contributed by atoms with Gasteiger partial charge in [0.05, 0.1) is 17.0 Å². The van der Waals surface area contributed by atoms with Gasteiger partial charge in [0.25, 0.3) is 0 Å². The first-order valence-electron chi connectivity index (χ1n) is 4.94. The van der Waals surface area contributed by atoms with Gasteiger partial charge in [-0.3, -0.25) is 9.59 Å². The maximum absolute atomic E-state index is 12.3. The Hall–Kier alpha value is -1.83. The highest BCUT2D eigenvalue weighted by Crippen LogP contribution is 2.32. The van der Waals surface area contributed by atoms with E-state index in [9.17, 15) is 22.8 Å². The molecule has 1 amide bonds. The molecule has 1 heterocycles. The van der Waals surface area contributed by atoms with Crippen molar-refractivity contribution in [1.29, 1.82) is 0 Å². The number of nitrogens with zero attached hydrogens (tertiary/aromatic N) is 1. The van der Waals surface area contributed by atoms with Gasteiger partial charge in [-0.1, -0.05) is 11.6 Å². The summed E-state index contributed by atoms with van der Waals surface area (Å²) in [6, 6.07) is 0.626. The summed E-state index contributed by atoms with van der Waals surface area (Å²) in [5.74, 6) is -2.11. The Morgan fingerprint density at radius 1 is 1.37 bits per heavy atom. The summed E-state index contributed by atoms with van der Waals surface area (Å²) in [6.45, 7) is 0. The van der Waals surface area contributed by atoms with E-state index in [1.165, 1.54) is 0 Å². The van der Waals surface area contributed by atoms with Crippen LogP contribution < -0.4 is 5.32 Å². The quantitative estimate of drug-likeness (QED) is 0.895.